The highest BCUT2D eigenvalue weighted by Crippen LogP contribution is 2.40. The average molecular weight is 381 g/mol. The fourth-order valence-corrected chi connectivity index (χ4v) is 5.37. The summed E-state index contributed by atoms with van der Waals surface area (Å²) in [6.07, 6.45) is 16.7. The van der Waals surface area contributed by atoms with Crippen LogP contribution in [0.4, 0.5) is 13.2 Å². The second-order valence-corrected chi connectivity index (χ2v) is 9.12. The zero-order chi connectivity index (χ0) is 19.2. The Bertz CT molecular complexity index is 558. The molecule has 2 fully saturated rings. The lowest BCUT2D eigenvalue weighted by Gasteiger charge is -2.32. The fraction of sp³-hybridized carbons (Fsp3) is 0.750. The Kier molecular flexibility index (Phi) is 7.66. The van der Waals surface area contributed by atoms with Crippen LogP contribution < -0.4 is 0 Å². The van der Waals surface area contributed by atoms with Gasteiger partial charge < -0.3 is 0 Å². The Morgan fingerprint density at radius 3 is 1.63 bits per heavy atom. The van der Waals surface area contributed by atoms with Gasteiger partial charge in [0.1, 0.15) is 0 Å². The predicted molar refractivity (Wildman–Crippen MR) is 105 cm³/mol. The largest absolute Gasteiger partial charge is 0.204 e. The summed E-state index contributed by atoms with van der Waals surface area (Å²) in [7, 11) is 0. The van der Waals surface area contributed by atoms with Gasteiger partial charge in [-0.15, -0.1) is 0 Å². The Morgan fingerprint density at radius 1 is 0.704 bits per heavy atom. The van der Waals surface area contributed by atoms with Crippen LogP contribution in [0.3, 0.4) is 0 Å². The molecule has 0 radical (unpaired) electrons. The first-order valence-corrected chi connectivity index (χ1v) is 11.2. The standard InChI is InChI=1S/C24H35F3/c1-2-3-4-17-5-7-18(8-6-17)9-10-19-11-13-20(14-12-19)21-15-22(25)24(27)23(26)16-21/h15-20H,2-14H2,1H3/t17-,18-,19-,20-. The van der Waals surface area contributed by atoms with Crippen molar-refractivity contribution in [2.75, 3.05) is 0 Å². The van der Waals surface area contributed by atoms with Crippen molar-refractivity contribution in [2.45, 2.75) is 96.3 Å². The van der Waals surface area contributed by atoms with Crippen molar-refractivity contribution in [3.8, 4) is 0 Å². The molecule has 2 saturated carbocycles. The van der Waals surface area contributed by atoms with Gasteiger partial charge in [0.25, 0.3) is 0 Å². The smallest absolute Gasteiger partial charge is 0.194 e. The molecule has 0 aromatic heterocycles. The summed E-state index contributed by atoms with van der Waals surface area (Å²) in [5.74, 6) is -0.622. The lowest BCUT2D eigenvalue weighted by Crippen LogP contribution is -2.18. The minimum Gasteiger partial charge on any atom is -0.204 e. The highest BCUT2D eigenvalue weighted by molar-refractivity contribution is 5.23. The molecule has 3 rings (SSSR count). The Balaban J connectivity index is 1.38. The first-order valence-electron chi connectivity index (χ1n) is 11.2. The van der Waals surface area contributed by atoms with Crippen LogP contribution in [0.5, 0.6) is 0 Å². The molecule has 2 aliphatic carbocycles. The molecule has 0 spiro atoms. The number of hydrogen-bond donors (Lipinski definition) is 0. The summed E-state index contributed by atoms with van der Waals surface area (Å²) in [6.45, 7) is 2.28. The van der Waals surface area contributed by atoms with Crippen LogP contribution in [-0.4, -0.2) is 0 Å². The van der Waals surface area contributed by atoms with Crippen molar-refractivity contribution in [1.82, 2.24) is 0 Å². The van der Waals surface area contributed by atoms with Crippen molar-refractivity contribution >= 4 is 0 Å². The Morgan fingerprint density at radius 2 is 1.15 bits per heavy atom. The minimum absolute atomic E-state index is 0.180. The first-order chi connectivity index (χ1) is 13.1. The Labute approximate surface area is 162 Å². The van der Waals surface area contributed by atoms with Crippen LogP contribution in [-0.2, 0) is 0 Å². The molecule has 1 aromatic carbocycles. The van der Waals surface area contributed by atoms with Gasteiger partial charge in [0, 0.05) is 0 Å². The quantitative estimate of drug-likeness (QED) is 0.419. The number of unbranched alkanes of at least 4 members (excludes halogenated alkanes) is 1. The normalized spacial score (nSPS) is 29.0. The number of hydrogen-bond acceptors (Lipinski definition) is 0. The van der Waals surface area contributed by atoms with Crippen LogP contribution in [0.2, 0.25) is 0 Å². The van der Waals surface area contributed by atoms with E-state index in [9.17, 15) is 13.2 Å². The van der Waals surface area contributed by atoms with E-state index in [1.165, 1.54) is 69.9 Å². The van der Waals surface area contributed by atoms with Gasteiger partial charge in [-0.05, 0) is 67.1 Å². The molecule has 152 valence electrons. The molecule has 0 atom stereocenters. The summed E-state index contributed by atoms with van der Waals surface area (Å²) >= 11 is 0. The fourth-order valence-electron chi connectivity index (χ4n) is 5.37. The summed E-state index contributed by atoms with van der Waals surface area (Å²) in [5, 5.41) is 0. The van der Waals surface area contributed by atoms with Gasteiger partial charge in [0.05, 0.1) is 0 Å². The van der Waals surface area contributed by atoms with Gasteiger partial charge in [0.2, 0.25) is 0 Å². The lowest BCUT2D eigenvalue weighted by atomic mass is 9.74. The van der Waals surface area contributed by atoms with Crippen LogP contribution >= 0.6 is 0 Å². The van der Waals surface area contributed by atoms with E-state index in [-0.39, 0.29) is 5.92 Å². The molecule has 0 N–H and O–H groups in total. The zero-order valence-corrected chi connectivity index (χ0v) is 16.8. The second kappa shape index (κ2) is 9.98. The van der Waals surface area contributed by atoms with Crippen LogP contribution in [0.1, 0.15) is 102 Å². The van der Waals surface area contributed by atoms with E-state index in [1.807, 2.05) is 0 Å². The summed E-state index contributed by atoms with van der Waals surface area (Å²) in [4.78, 5) is 0. The van der Waals surface area contributed by atoms with Gasteiger partial charge in [-0.2, -0.15) is 0 Å². The van der Waals surface area contributed by atoms with E-state index in [0.29, 0.717) is 5.56 Å². The monoisotopic (exact) mass is 380 g/mol. The maximum atomic E-state index is 13.5. The molecule has 27 heavy (non-hydrogen) atoms. The van der Waals surface area contributed by atoms with Gasteiger partial charge in [-0.3, -0.25) is 0 Å². The van der Waals surface area contributed by atoms with Gasteiger partial charge in [0.15, 0.2) is 17.5 Å². The van der Waals surface area contributed by atoms with Crippen molar-refractivity contribution in [3.63, 3.8) is 0 Å². The Hall–Kier alpha value is -0.990. The molecule has 2 aliphatic rings. The third kappa shape index (κ3) is 5.74. The van der Waals surface area contributed by atoms with Crippen LogP contribution in [0.25, 0.3) is 0 Å². The van der Waals surface area contributed by atoms with E-state index in [0.717, 1.165) is 43.4 Å². The van der Waals surface area contributed by atoms with Crippen molar-refractivity contribution < 1.29 is 13.2 Å². The van der Waals surface area contributed by atoms with Crippen molar-refractivity contribution in [1.29, 1.82) is 0 Å². The molecular formula is C24H35F3. The third-order valence-electron chi connectivity index (χ3n) is 7.24. The lowest BCUT2D eigenvalue weighted by molar-refractivity contribution is 0.222. The van der Waals surface area contributed by atoms with E-state index in [4.69, 9.17) is 0 Å². The van der Waals surface area contributed by atoms with Gasteiger partial charge >= 0.3 is 0 Å². The van der Waals surface area contributed by atoms with E-state index >= 15 is 0 Å². The number of halogens is 3. The molecular weight excluding hydrogens is 345 g/mol. The SMILES string of the molecule is CCCC[C@H]1CC[C@H](CC[C@H]2CC[C@H](c3cc(F)c(F)c(F)c3)CC2)CC1. The highest BCUT2D eigenvalue weighted by atomic mass is 19.2. The second-order valence-electron chi connectivity index (χ2n) is 9.12. The molecule has 3 heteroatoms. The average Bonchev–Trinajstić information content (AvgIpc) is 2.69. The molecule has 0 amide bonds. The number of rotatable bonds is 7. The highest BCUT2D eigenvalue weighted by Gasteiger charge is 2.26. The molecule has 0 bridgehead atoms. The summed E-state index contributed by atoms with van der Waals surface area (Å²) in [5.41, 5.74) is 0.634. The maximum absolute atomic E-state index is 13.5. The predicted octanol–water partition coefficient (Wildman–Crippen LogP) is 8.15. The zero-order valence-electron chi connectivity index (χ0n) is 16.8. The van der Waals surface area contributed by atoms with Gasteiger partial charge in [-0.25, -0.2) is 13.2 Å². The van der Waals surface area contributed by atoms with E-state index in [2.05, 4.69) is 6.92 Å². The topological polar surface area (TPSA) is 0 Å². The maximum Gasteiger partial charge on any atom is 0.194 e. The van der Waals surface area contributed by atoms with Crippen molar-refractivity contribution in [2.24, 2.45) is 17.8 Å². The van der Waals surface area contributed by atoms with E-state index < -0.39 is 17.5 Å². The third-order valence-corrected chi connectivity index (χ3v) is 7.24. The molecule has 1 aromatic rings. The molecule has 0 heterocycles. The first kappa shape index (κ1) is 20.7. The van der Waals surface area contributed by atoms with Crippen LogP contribution in [0, 0.1) is 35.2 Å². The van der Waals surface area contributed by atoms with Crippen LogP contribution in [0.15, 0.2) is 12.1 Å². The molecule has 0 saturated heterocycles. The van der Waals surface area contributed by atoms with Gasteiger partial charge in [-0.1, -0.05) is 64.7 Å². The molecule has 0 unspecified atom stereocenters. The molecule has 0 aliphatic heterocycles. The number of benzene rings is 1. The minimum atomic E-state index is -1.35. The van der Waals surface area contributed by atoms with E-state index in [1.54, 1.807) is 0 Å². The summed E-state index contributed by atoms with van der Waals surface area (Å²) in [6, 6.07) is 2.39. The summed E-state index contributed by atoms with van der Waals surface area (Å²) < 4.78 is 40.1. The van der Waals surface area contributed by atoms with Crippen molar-refractivity contribution in [3.05, 3.63) is 35.1 Å². The molecule has 0 nitrogen and oxygen atoms in total.